The van der Waals surface area contributed by atoms with E-state index < -0.39 is 0 Å². The van der Waals surface area contributed by atoms with Gasteiger partial charge in [-0.05, 0) is 25.0 Å². The van der Waals surface area contributed by atoms with Gasteiger partial charge in [-0.2, -0.15) is 0 Å². The summed E-state index contributed by atoms with van der Waals surface area (Å²) in [7, 11) is 1.64. The van der Waals surface area contributed by atoms with Crippen LogP contribution in [0.15, 0.2) is 18.3 Å². The summed E-state index contributed by atoms with van der Waals surface area (Å²) in [5.41, 5.74) is 0. The van der Waals surface area contributed by atoms with Gasteiger partial charge < -0.3 is 10.1 Å². The number of methoxy groups -OCH3 is 1. The van der Waals surface area contributed by atoms with Crippen LogP contribution >= 0.6 is 0 Å². The topological polar surface area (TPSA) is 34.1 Å². The van der Waals surface area contributed by atoms with Crippen molar-refractivity contribution < 1.29 is 4.74 Å². The van der Waals surface area contributed by atoms with Crippen LogP contribution in [-0.4, -0.2) is 18.1 Å². The van der Waals surface area contributed by atoms with Crippen molar-refractivity contribution in [2.45, 2.75) is 33.2 Å². The molecule has 1 heterocycles. The zero-order valence-corrected chi connectivity index (χ0v) is 9.95. The van der Waals surface area contributed by atoms with E-state index in [0.717, 1.165) is 11.6 Å². The Kier molecular flexibility index (Phi) is 4.40. The van der Waals surface area contributed by atoms with Gasteiger partial charge >= 0.3 is 0 Å². The highest BCUT2D eigenvalue weighted by Gasteiger charge is 2.09. The third-order valence-corrected chi connectivity index (χ3v) is 2.85. The van der Waals surface area contributed by atoms with E-state index in [-0.39, 0.29) is 0 Å². The van der Waals surface area contributed by atoms with Gasteiger partial charge in [0.15, 0.2) is 0 Å². The van der Waals surface area contributed by atoms with Crippen molar-refractivity contribution in [3.8, 4) is 5.75 Å². The average Bonchev–Trinajstić information content (AvgIpc) is 2.29. The molecule has 0 radical (unpaired) electrons. The van der Waals surface area contributed by atoms with Gasteiger partial charge in [-0.3, -0.25) is 0 Å². The molecule has 2 unspecified atom stereocenters. The van der Waals surface area contributed by atoms with Crippen molar-refractivity contribution in [2.24, 2.45) is 5.92 Å². The van der Waals surface area contributed by atoms with Crippen LogP contribution < -0.4 is 10.1 Å². The second-order valence-electron chi connectivity index (χ2n) is 3.90. The number of nitrogens with one attached hydrogen (secondary N) is 1. The molecule has 0 saturated heterocycles. The summed E-state index contributed by atoms with van der Waals surface area (Å²) in [6.07, 6.45) is 2.90. The first-order valence-corrected chi connectivity index (χ1v) is 5.44. The smallest absolute Gasteiger partial charge is 0.137 e. The molecule has 1 aromatic heterocycles. The summed E-state index contributed by atoms with van der Waals surface area (Å²) in [6, 6.07) is 4.30. The van der Waals surface area contributed by atoms with Gasteiger partial charge in [0.1, 0.15) is 11.6 Å². The summed E-state index contributed by atoms with van der Waals surface area (Å²) in [5.74, 6) is 2.34. The van der Waals surface area contributed by atoms with E-state index in [4.69, 9.17) is 4.74 Å². The largest absolute Gasteiger partial charge is 0.495 e. The molecule has 0 aromatic carbocycles. The molecule has 0 aliphatic carbocycles. The first-order valence-electron chi connectivity index (χ1n) is 5.44. The molecule has 84 valence electrons. The lowest BCUT2D eigenvalue weighted by molar-refractivity contribution is 0.413. The molecule has 0 aliphatic rings. The fourth-order valence-corrected chi connectivity index (χ4v) is 1.32. The molecular weight excluding hydrogens is 188 g/mol. The van der Waals surface area contributed by atoms with Crippen LogP contribution in [0, 0.1) is 5.92 Å². The van der Waals surface area contributed by atoms with Gasteiger partial charge in [0.2, 0.25) is 0 Å². The highest BCUT2D eigenvalue weighted by atomic mass is 16.5. The molecule has 0 spiro atoms. The fourth-order valence-electron chi connectivity index (χ4n) is 1.32. The molecule has 3 nitrogen and oxygen atoms in total. The van der Waals surface area contributed by atoms with Gasteiger partial charge in [-0.1, -0.05) is 20.3 Å². The zero-order chi connectivity index (χ0) is 11.3. The molecular formula is C12H20N2O. The zero-order valence-electron chi connectivity index (χ0n) is 9.95. The first kappa shape index (κ1) is 11.8. The quantitative estimate of drug-likeness (QED) is 0.807. The summed E-state index contributed by atoms with van der Waals surface area (Å²) in [4.78, 5) is 4.27. The fraction of sp³-hybridized carbons (Fsp3) is 0.583. The third-order valence-electron chi connectivity index (χ3n) is 2.85. The number of aromatic nitrogens is 1. The highest BCUT2D eigenvalue weighted by Crippen LogP contribution is 2.15. The predicted octanol–water partition coefficient (Wildman–Crippen LogP) is 2.94. The molecule has 0 aliphatic heterocycles. The van der Waals surface area contributed by atoms with Crippen molar-refractivity contribution in [3.63, 3.8) is 0 Å². The van der Waals surface area contributed by atoms with Crippen LogP contribution in [-0.2, 0) is 0 Å². The van der Waals surface area contributed by atoms with Crippen molar-refractivity contribution in [1.82, 2.24) is 4.98 Å². The van der Waals surface area contributed by atoms with Crippen molar-refractivity contribution in [1.29, 1.82) is 0 Å². The minimum Gasteiger partial charge on any atom is -0.495 e. The molecule has 1 aromatic rings. The number of hydrogen-bond donors (Lipinski definition) is 1. The average molecular weight is 208 g/mol. The minimum atomic E-state index is 0.441. The van der Waals surface area contributed by atoms with Crippen LogP contribution in [0.25, 0.3) is 0 Å². The monoisotopic (exact) mass is 208 g/mol. The Labute approximate surface area is 91.9 Å². The van der Waals surface area contributed by atoms with Crippen molar-refractivity contribution in [2.75, 3.05) is 12.4 Å². The van der Waals surface area contributed by atoms with Crippen LogP contribution in [0.2, 0.25) is 0 Å². The van der Waals surface area contributed by atoms with Gasteiger partial charge in [-0.25, -0.2) is 4.98 Å². The standard InChI is InChI=1S/C12H20N2O/c1-5-9(2)10(3)14-12-7-6-11(15-4)8-13-12/h6-10H,5H2,1-4H3,(H,13,14). The molecule has 0 bridgehead atoms. The second kappa shape index (κ2) is 5.59. The van der Waals surface area contributed by atoms with Crippen LogP contribution in [0.1, 0.15) is 27.2 Å². The molecule has 2 atom stereocenters. The normalized spacial score (nSPS) is 14.4. The van der Waals surface area contributed by atoms with Crippen molar-refractivity contribution in [3.05, 3.63) is 18.3 Å². The third kappa shape index (κ3) is 3.42. The number of anilines is 1. The molecule has 0 saturated carbocycles. The Morgan fingerprint density at radius 2 is 2.13 bits per heavy atom. The maximum Gasteiger partial charge on any atom is 0.137 e. The molecule has 3 heteroatoms. The van der Waals surface area contributed by atoms with E-state index in [0.29, 0.717) is 12.0 Å². The molecule has 1 rings (SSSR count). The Morgan fingerprint density at radius 3 is 2.60 bits per heavy atom. The van der Waals surface area contributed by atoms with Crippen LogP contribution in [0.4, 0.5) is 5.82 Å². The van der Waals surface area contributed by atoms with E-state index in [2.05, 4.69) is 31.1 Å². The molecule has 15 heavy (non-hydrogen) atoms. The van der Waals surface area contributed by atoms with Gasteiger partial charge in [0.25, 0.3) is 0 Å². The Balaban J connectivity index is 2.57. The number of nitrogens with zero attached hydrogens (tertiary/aromatic N) is 1. The van der Waals surface area contributed by atoms with E-state index >= 15 is 0 Å². The van der Waals surface area contributed by atoms with Crippen molar-refractivity contribution >= 4 is 5.82 Å². The Bertz CT molecular complexity index is 284. The lowest BCUT2D eigenvalue weighted by atomic mass is 10.0. The Hall–Kier alpha value is -1.25. The Morgan fingerprint density at radius 1 is 1.40 bits per heavy atom. The number of rotatable bonds is 5. The van der Waals surface area contributed by atoms with Crippen LogP contribution in [0.3, 0.4) is 0 Å². The van der Waals surface area contributed by atoms with Gasteiger partial charge in [-0.15, -0.1) is 0 Å². The van der Waals surface area contributed by atoms with Crippen LogP contribution in [0.5, 0.6) is 5.75 Å². The lowest BCUT2D eigenvalue weighted by Crippen LogP contribution is -2.23. The SMILES string of the molecule is CCC(C)C(C)Nc1ccc(OC)cn1. The van der Waals surface area contributed by atoms with E-state index in [1.165, 1.54) is 6.42 Å². The summed E-state index contributed by atoms with van der Waals surface area (Å²) in [5, 5.41) is 3.38. The predicted molar refractivity (Wildman–Crippen MR) is 63.3 cm³/mol. The molecule has 0 fully saturated rings. The number of hydrogen-bond acceptors (Lipinski definition) is 3. The van der Waals surface area contributed by atoms with Gasteiger partial charge in [0, 0.05) is 6.04 Å². The first-order chi connectivity index (χ1) is 7.17. The maximum atomic E-state index is 5.05. The van der Waals surface area contributed by atoms with E-state index in [1.807, 2.05) is 12.1 Å². The second-order valence-corrected chi connectivity index (χ2v) is 3.90. The molecule has 0 amide bonds. The highest BCUT2D eigenvalue weighted by molar-refractivity contribution is 5.38. The van der Waals surface area contributed by atoms with E-state index in [1.54, 1.807) is 13.3 Å². The van der Waals surface area contributed by atoms with Gasteiger partial charge in [0.05, 0.1) is 13.3 Å². The maximum absolute atomic E-state index is 5.05. The number of pyridine rings is 1. The summed E-state index contributed by atoms with van der Waals surface area (Å²) < 4.78 is 5.05. The summed E-state index contributed by atoms with van der Waals surface area (Å²) >= 11 is 0. The van der Waals surface area contributed by atoms with E-state index in [9.17, 15) is 0 Å². The lowest BCUT2D eigenvalue weighted by Gasteiger charge is -2.20. The minimum absolute atomic E-state index is 0.441. The summed E-state index contributed by atoms with van der Waals surface area (Å²) in [6.45, 7) is 6.62. The number of ether oxygens (including phenoxy) is 1. The molecule has 1 N–H and O–H groups in total.